The average molecular weight is 236 g/mol. The van der Waals surface area contributed by atoms with Gasteiger partial charge in [0.05, 0.1) is 12.3 Å². The van der Waals surface area contributed by atoms with E-state index in [4.69, 9.17) is 11.6 Å². The van der Waals surface area contributed by atoms with Crippen LogP contribution in [0, 0.1) is 0 Å². The lowest BCUT2D eigenvalue weighted by Gasteiger charge is -2.04. The molecule has 0 unspecified atom stereocenters. The summed E-state index contributed by atoms with van der Waals surface area (Å²) < 4.78 is 46.9. The number of halogens is 3. The summed E-state index contributed by atoms with van der Waals surface area (Å²) in [5, 5.41) is 0. The maximum absolute atomic E-state index is 11.6. The van der Waals surface area contributed by atoms with E-state index in [9.17, 15) is 17.2 Å². The molecule has 0 saturated heterocycles. The summed E-state index contributed by atoms with van der Waals surface area (Å²) in [5.74, 6) is 0.233. The second-order valence-corrected chi connectivity index (χ2v) is 4.76. The highest BCUT2D eigenvalue weighted by Crippen LogP contribution is 1.97. The maximum atomic E-state index is 11.6. The van der Waals surface area contributed by atoms with E-state index in [1.807, 2.05) is 0 Å². The van der Waals surface area contributed by atoms with Crippen LogP contribution in [0.1, 0.15) is 12.8 Å². The van der Waals surface area contributed by atoms with Crippen LogP contribution in [0.5, 0.6) is 0 Å². The molecule has 0 heterocycles. The molecule has 0 atom stereocenters. The van der Waals surface area contributed by atoms with Crippen LogP contribution in [0.2, 0.25) is 0 Å². The summed E-state index contributed by atoms with van der Waals surface area (Å²) >= 11 is 5.32. The summed E-state index contributed by atoms with van der Waals surface area (Å²) in [5.41, 5.74) is 0. The van der Waals surface area contributed by atoms with Crippen LogP contribution in [0.25, 0.3) is 0 Å². The second-order valence-electron chi connectivity index (χ2n) is 2.45. The Morgan fingerprint density at radius 3 is 2.38 bits per heavy atom. The maximum Gasteiger partial charge on any atom is 0.251 e. The molecule has 0 aliphatic carbocycles. The number of unbranched alkanes of at least 4 members (excludes halogenated alkanes) is 1. The Hall–Kier alpha value is 0.0600. The van der Waals surface area contributed by atoms with Gasteiger partial charge in [0.2, 0.25) is 10.0 Å². The lowest BCUT2D eigenvalue weighted by atomic mass is 10.4. The van der Waals surface area contributed by atoms with Gasteiger partial charge < -0.3 is 0 Å². The van der Waals surface area contributed by atoms with E-state index < -0.39 is 23.0 Å². The zero-order chi connectivity index (χ0) is 10.3. The lowest BCUT2D eigenvalue weighted by molar-refractivity contribution is 0.153. The molecule has 0 aliphatic rings. The largest absolute Gasteiger partial charge is 0.251 e. The first kappa shape index (κ1) is 13.1. The molecule has 0 aliphatic heterocycles. The first-order valence-corrected chi connectivity index (χ1v) is 5.98. The van der Waals surface area contributed by atoms with Gasteiger partial charge in [-0.25, -0.2) is 21.9 Å². The van der Waals surface area contributed by atoms with Gasteiger partial charge in [0, 0.05) is 5.88 Å². The summed E-state index contributed by atoms with van der Waals surface area (Å²) in [6, 6.07) is 0. The Balaban J connectivity index is 3.68. The fourth-order valence-corrected chi connectivity index (χ4v) is 1.95. The van der Waals surface area contributed by atoms with Crippen molar-refractivity contribution in [1.29, 1.82) is 0 Å². The van der Waals surface area contributed by atoms with Gasteiger partial charge >= 0.3 is 0 Å². The molecule has 0 saturated carbocycles. The van der Waals surface area contributed by atoms with Crippen molar-refractivity contribution in [3.63, 3.8) is 0 Å². The Labute approximate surface area is 81.5 Å². The highest BCUT2D eigenvalue weighted by atomic mass is 35.5. The zero-order valence-corrected chi connectivity index (χ0v) is 8.54. The molecule has 0 aromatic carbocycles. The first-order chi connectivity index (χ1) is 5.98. The second kappa shape index (κ2) is 6.50. The normalized spacial score (nSPS) is 12.3. The predicted octanol–water partition coefficient (Wildman–Crippen LogP) is 1.19. The van der Waals surface area contributed by atoms with E-state index in [0.29, 0.717) is 18.7 Å². The molecule has 0 radical (unpaired) electrons. The zero-order valence-electron chi connectivity index (χ0n) is 6.97. The van der Waals surface area contributed by atoms with Crippen LogP contribution in [0.4, 0.5) is 8.78 Å². The number of rotatable bonds is 7. The van der Waals surface area contributed by atoms with Crippen molar-refractivity contribution in [2.75, 3.05) is 18.2 Å². The number of hydrogen-bond acceptors (Lipinski definition) is 2. The molecule has 13 heavy (non-hydrogen) atoms. The molecular formula is C6H12ClF2NO2S. The molecule has 0 amide bonds. The van der Waals surface area contributed by atoms with E-state index >= 15 is 0 Å². The van der Waals surface area contributed by atoms with Crippen LogP contribution in [-0.2, 0) is 10.0 Å². The average Bonchev–Trinajstić information content (AvgIpc) is 2.02. The highest BCUT2D eigenvalue weighted by molar-refractivity contribution is 7.89. The smallest absolute Gasteiger partial charge is 0.212 e. The Morgan fingerprint density at radius 1 is 1.31 bits per heavy atom. The highest BCUT2D eigenvalue weighted by Gasteiger charge is 2.12. The number of alkyl halides is 3. The molecule has 0 fully saturated rings. The van der Waals surface area contributed by atoms with E-state index in [2.05, 4.69) is 0 Å². The molecule has 3 nitrogen and oxygen atoms in total. The third kappa shape index (κ3) is 8.39. The number of nitrogens with one attached hydrogen (secondary N) is 1. The minimum atomic E-state index is -3.54. The van der Waals surface area contributed by atoms with Crippen molar-refractivity contribution in [2.45, 2.75) is 19.3 Å². The van der Waals surface area contributed by atoms with Crippen LogP contribution in [0.3, 0.4) is 0 Å². The summed E-state index contributed by atoms with van der Waals surface area (Å²) in [4.78, 5) is 0. The monoisotopic (exact) mass is 235 g/mol. The summed E-state index contributed by atoms with van der Waals surface area (Å²) in [6.07, 6.45) is -1.69. The lowest BCUT2D eigenvalue weighted by Crippen LogP contribution is -2.30. The molecular weight excluding hydrogens is 224 g/mol. The topological polar surface area (TPSA) is 46.2 Å². The van der Waals surface area contributed by atoms with Crippen molar-refractivity contribution < 1.29 is 17.2 Å². The Morgan fingerprint density at radius 2 is 1.92 bits per heavy atom. The van der Waals surface area contributed by atoms with Crippen molar-refractivity contribution in [3.8, 4) is 0 Å². The molecule has 0 bridgehead atoms. The van der Waals surface area contributed by atoms with Crippen molar-refractivity contribution in [2.24, 2.45) is 0 Å². The molecule has 0 spiro atoms. The van der Waals surface area contributed by atoms with Gasteiger partial charge in [-0.15, -0.1) is 11.6 Å². The van der Waals surface area contributed by atoms with Gasteiger partial charge in [-0.05, 0) is 12.8 Å². The molecule has 80 valence electrons. The van der Waals surface area contributed by atoms with E-state index in [0.717, 1.165) is 0 Å². The standard InChI is InChI=1S/C6H12ClF2NO2S/c7-3-1-2-4-13(11,12)10-5-6(8)9/h6,10H,1-5H2. The van der Waals surface area contributed by atoms with Crippen LogP contribution >= 0.6 is 11.6 Å². The molecule has 1 N–H and O–H groups in total. The quantitative estimate of drug-likeness (QED) is 0.532. The number of hydrogen-bond donors (Lipinski definition) is 1. The summed E-state index contributed by atoms with van der Waals surface area (Å²) in [6.45, 7) is -0.816. The molecule has 0 aromatic rings. The van der Waals surface area contributed by atoms with Crippen LogP contribution < -0.4 is 4.72 Å². The van der Waals surface area contributed by atoms with Gasteiger partial charge in [-0.1, -0.05) is 0 Å². The van der Waals surface area contributed by atoms with Crippen molar-refractivity contribution in [3.05, 3.63) is 0 Å². The minimum Gasteiger partial charge on any atom is -0.212 e. The Kier molecular flexibility index (Phi) is 6.53. The molecule has 7 heteroatoms. The first-order valence-electron chi connectivity index (χ1n) is 3.79. The van der Waals surface area contributed by atoms with Gasteiger partial charge in [0.25, 0.3) is 6.43 Å². The van der Waals surface area contributed by atoms with Gasteiger partial charge in [0.15, 0.2) is 0 Å². The predicted molar refractivity (Wildman–Crippen MR) is 47.7 cm³/mol. The van der Waals surface area contributed by atoms with Crippen molar-refractivity contribution in [1.82, 2.24) is 4.72 Å². The third-order valence-electron chi connectivity index (χ3n) is 1.25. The van der Waals surface area contributed by atoms with Crippen LogP contribution in [0.15, 0.2) is 0 Å². The molecule has 0 rings (SSSR count). The van der Waals surface area contributed by atoms with Gasteiger partial charge in [0.1, 0.15) is 0 Å². The van der Waals surface area contributed by atoms with Gasteiger partial charge in [-0.2, -0.15) is 0 Å². The minimum absolute atomic E-state index is 0.146. The van der Waals surface area contributed by atoms with Crippen LogP contribution in [-0.4, -0.2) is 33.0 Å². The Bertz CT molecular complexity index is 221. The van der Waals surface area contributed by atoms with Gasteiger partial charge in [-0.3, -0.25) is 0 Å². The van der Waals surface area contributed by atoms with E-state index in [1.165, 1.54) is 0 Å². The molecule has 0 aromatic heterocycles. The SMILES string of the molecule is O=S(=O)(CCCCCl)NCC(F)F. The third-order valence-corrected chi connectivity index (χ3v) is 2.95. The number of sulfonamides is 1. The van der Waals surface area contributed by atoms with E-state index in [-0.39, 0.29) is 5.75 Å². The van der Waals surface area contributed by atoms with Crippen molar-refractivity contribution >= 4 is 21.6 Å². The fourth-order valence-electron chi connectivity index (χ4n) is 0.649. The fraction of sp³-hybridized carbons (Fsp3) is 1.00. The summed E-state index contributed by atoms with van der Waals surface area (Å²) in [7, 11) is -3.54. The van der Waals surface area contributed by atoms with E-state index in [1.54, 1.807) is 4.72 Å².